The molecular formula is C24H28N2O2. The predicted molar refractivity (Wildman–Crippen MR) is 115 cm³/mol. The number of fused-ring (bicyclic) bond motifs is 1. The quantitative estimate of drug-likeness (QED) is 0.727. The summed E-state index contributed by atoms with van der Waals surface area (Å²) in [5.41, 5.74) is 2.13. The van der Waals surface area contributed by atoms with E-state index in [9.17, 15) is 5.11 Å². The van der Waals surface area contributed by atoms with Gasteiger partial charge in [0.2, 0.25) is 0 Å². The van der Waals surface area contributed by atoms with E-state index in [1.165, 1.54) is 10.8 Å². The first-order valence-corrected chi connectivity index (χ1v) is 9.96. The Balaban J connectivity index is 1.43. The van der Waals surface area contributed by atoms with Crippen LogP contribution in [0.1, 0.15) is 18.6 Å². The van der Waals surface area contributed by atoms with E-state index in [4.69, 9.17) is 4.74 Å². The third-order valence-corrected chi connectivity index (χ3v) is 5.89. The fraction of sp³-hybridized carbons (Fsp3) is 0.333. The number of benzene rings is 3. The van der Waals surface area contributed by atoms with Crippen LogP contribution in [0, 0.1) is 0 Å². The molecule has 0 aliphatic carbocycles. The lowest BCUT2D eigenvalue weighted by molar-refractivity contribution is 0.0546. The first kappa shape index (κ1) is 18.8. The van der Waals surface area contributed by atoms with Crippen LogP contribution >= 0.6 is 0 Å². The minimum Gasteiger partial charge on any atom is -0.495 e. The summed E-state index contributed by atoms with van der Waals surface area (Å²) in [6.07, 6.45) is -0.498. The zero-order valence-corrected chi connectivity index (χ0v) is 16.6. The third-order valence-electron chi connectivity index (χ3n) is 5.89. The van der Waals surface area contributed by atoms with Gasteiger partial charge in [0.05, 0.1) is 18.9 Å². The van der Waals surface area contributed by atoms with Gasteiger partial charge in [-0.1, -0.05) is 48.5 Å². The van der Waals surface area contributed by atoms with Crippen LogP contribution in [0.25, 0.3) is 10.8 Å². The zero-order valence-electron chi connectivity index (χ0n) is 16.6. The zero-order chi connectivity index (χ0) is 19.5. The first-order valence-electron chi connectivity index (χ1n) is 9.96. The molecule has 1 N–H and O–H groups in total. The molecule has 0 amide bonds. The monoisotopic (exact) mass is 376 g/mol. The minimum atomic E-state index is -0.498. The van der Waals surface area contributed by atoms with E-state index < -0.39 is 6.10 Å². The van der Waals surface area contributed by atoms with Crippen molar-refractivity contribution in [3.8, 4) is 5.75 Å². The van der Waals surface area contributed by atoms with Crippen LogP contribution in [0.3, 0.4) is 0 Å². The van der Waals surface area contributed by atoms with Gasteiger partial charge in [-0.2, -0.15) is 0 Å². The van der Waals surface area contributed by atoms with E-state index in [2.05, 4.69) is 59.2 Å². The average Bonchev–Trinajstić information content (AvgIpc) is 2.77. The number of anilines is 1. The maximum Gasteiger partial charge on any atom is 0.142 e. The molecule has 146 valence electrons. The van der Waals surface area contributed by atoms with Gasteiger partial charge in [-0.15, -0.1) is 0 Å². The molecule has 1 aliphatic rings. The van der Waals surface area contributed by atoms with Crippen molar-refractivity contribution in [3.63, 3.8) is 0 Å². The minimum absolute atomic E-state index is 0.0704. The molecule has 0 saturated carbocycles. The summed E-state index contributed by atoms with van der Waals surface area (Å²) in [6, 6.07) is 22.8. The van der Waals surface area contributed by atoms with Gasteiger partial charge in [0.1, 0.15) is 5.75 Å². The van der Waals surface area contributed by atoms with Crippen molar-refractivity contribution in [2.75, 3.05) is 38.2 Å². The molecule has 3 aromatic rings. The van der Waals surface area contributed by atoms with Gasteiger partial charge in [-0.05, 0) is 41.5 Å². The van der Waals surface area contributed by atoms with E-state index in [0.717, 1.165) is 43.2 Å². The van der Waals surface area contributed by atoms with E-state index >= 15 is 0 Å². The summed E-state index contributed by atoms with van der Waals surface area (Å²) in [4.78, 5) is 4.75. The Morgan fingerprint density at radius 3 is 2.29 bits per heavy atom. The van der Waals surface area contributed by atoms with Crippen LogP contribution in [0.4, 0.5) is 5.69 Å². The van der Waals surface area contributed by atoms with Crippen LogP contribution in [0.2, 0.25) is 0 Å². The molecule has 4 heteroatoms. The largest absolute Gasteiger partial charge is 0.495 e. The van der Waals surface area contributed by atoms with Crippen molar-refractivity contribution in [2.24, 2.45) is 0 Å². The summed E-state index contributed by atoms with van der Waals surface area (Å²) < 4.78 is 5.51. The summed E-state index contributed by atoms with van der Waals surface area (Å²) in [6.45, 7) is 5.82. The smallest absolute Gasteiger partial charge is 0.142 e. The number of hydrogen-bond acceptors (Lipinski definition) is 4. The Morgan fingerprint density at radius 2 is 1.54 bits per heavy atom. The van der Waals surface area contributed by atoms with Crippen LogP contribution < -0.4 is 9.64 Å². The van der Waals surface area contributed by atoms with Gasteiger partial charge in [-0.25, -0.2) is 0 Å². The summed E-state index contributed by atoms with van der Waals surface area (Å²) in [5, 5.41) is 13.4. The number of hydrogen-bond donors (Lipinski definition) is 1. The third kappa shape index (κ3) is 3.71. The molecule has 1 aliphatic heterocycles. The Morgan fingerprint density at radius 1 is 0.857 bits per heavy atom. The van der Waals surface area contributed by atoms with E-state index in [0.29, 0.717) is 0 Å². The topological polar surface area (TPSA) is 35.9 Å². The number of nitrogens with zero attached hydrogens (tertiary/aromatic N) is 2. The highest BCUT2D eigenvalue weighted by atomic mass is 16.5. The number of piperazine rings is 1. The Hall–Kier alpha value is -2.56. The van der Waals surface area contributed by atoms with Crippen molar-refractivity contribution in [1.82, 2.24) is 4.90 Å². The molecule has 4 rings (SSSR count). The molecule has 0 aromatic heterocycles. The Bertz CT molecular complexity index is 935. The molecule has 2 atom stereocenters. The normalized spacial score (nSPS) is 17.5. The Labute approximate surface area is 167 Å². The Kier molecular flexibility index (Phi) is 5.51. The van der Waals surface area contributed by atoms with Crippen molar-refractivity contribution in [2.45, 2.75) is 19.1 Å². The van der Waals surface area contributed by atoms with Crippen LogP contribution in [0.15, 0.2) is 66.7 Å². The van der Waals surface area contributed by atoms with Gasteiger partial charge in [0.25, 0.3) is 0 Å². The number of aliphatic hydroxyl groups excluding tert-OH is 1. The number of para-hydroxylation sites is 2. The van der Waals surface area contributed by atoms with Gasteiger partial charge in [0, 0.05) is 32.2 Å². The second kappa shape index (κ2) is 8.21. The second-order valence-corrected chi connectivity index (χ2v) is 7.49. The van der Waals surface area contributed by atoms with Crippen LogP contribution in [-0.2, 0) is 0 Å². The summed E-state index contributed by atoms with van der Waals surface area (Å²) >= 11 is 0. The fourth-order valence-electron chi connectivity index (χ4n) is 4.13. The van der Waals surface area contributed by atoms with Gasteiger partial charge < -0.3 is 14.7 Å². The molecule has 3 aromatic carbocycles. The molecule has 1 heterocycles. The maximum atomic E-state index is 11.0. The fourth-order valence-corrected chi connectivity index (χ4v) is 4.13. The van der Waals surface area contributed by atoms with Crippen molar-refractivity contribution >= 4 is 16.5 Å². The summed E-state index contributed by atoms with van der Waals surface area (Å²) in [7, 11) is 1.72. The van der Waals surface area contributed by atoms with Crippen LogP contribution in [0.5, 0.6) is 5.75 Å². The molecule has 2 unspecified atom stereocenters. The van der Waals surface area contributed by atoms with Gasteiger partial charge >= 0.3 is 0 Å². The van der Waals surface area contributed by atoms with E-state index in [-0.39, 0.29) is 6.04 Å². The van der Waals surface area contributed by atoms with Gasteiger partial charge in [-0.3, -0.25) is 4.90 Å². The SMILES string of the molecule is COc1ccccc1N1CCN(C(C)C(O)c2ccc3ccccc3c2)CC1. The highest BCUT2D eigenvalue weighted by Crippen LogP contribution is 2.30. The second-order valence-electron chi connectivity index (χ2n) is 7.49. The number of rotatable bonds is 5. The number of methoxy groups -OCH3 is 1. The molecule has 0 radical (unpaired) electrons. The molecule has 0 spiro atoms. The number of aliphatic hydroxyl groups is 1. The van der Waals surface area contributed by atoms with E-state index in [1.54, 1.807) is 7.11 Å². The van der Waals surface area contributed by atoms with Crippen LogP contribution in [-0.4, -0.2) is 49.3 Å². The standard InChI is InChI=1S/C24H28N2O2/c1-18(24(27)21-12-11-19-7-3-4-8-20(19)17-21)25-13-15-26(16-14-25)22-9-5-6-10-23(22)28-2/h3-12,17-18,24,27H,13-16H2,1-2H3. The van der Waals surface area contributed by atoms with Gasteiger partial charge in [0.15, 0.2) is 0 Å². The summed E-state index contributed by atoms with van der Waals surface area (Å²) in [5.74, 6) is 0.917. The molecular weight excluding hydrogens is 348 g/mol. The highest BCUT2D eigenvalue weighted by Gasteiger charge is 2.27. The molecule has 1 saturated heterocycles. The predicted octanol–water partition coefficient (Wildman–Crippen LogP) is 4.09. The highest BCUT2D eigenvalue weighted by molar-refractivity contribution is 5.83. The van der Waals surface area contributed by atoms with Crippen molar-refractivity contribution in [1.29, 1.82) is 0 Å². The van der Waals surface area contributed by atoms with Crippen molar-refractivity contribution in [3.05, 3.63) is 72.3 Å². The number of ether oxygens (including phenoxy) is 1. The van der Waals surface area contributed by atoms with Crippen molar-refractivity contribution < 1.29 is 9.84 Å². The molecule has 28 heavy (non-hydrogen) atoms. The molecule has 4 nitrogen and oxygen atoms in total. The maximum absolute atomic E-state index is 11.0. The first-order chi connectivity index (χ1) is 13.7. The molecule has 0 bridgehead atoms. The average molecular weight is 377 g/mol. The lowest BCUT2D eigenvalue weighted by atomic mass is 9.98. The lowest BCUT2D eigenvalue weighted by Gasteiger charge is -2.40. The lowest BCUT2D eigenvalue weighted by Crippen LogP contribution is -2.51. The molecule has 1 fully saturated rings. The van der Waals surface area contributed by atoms with E-state index in [1.807, 2.05) is 24.3 Å².